The summed E-state index contributed by atoms with van der Waals surface area (Å²) < 4.78 is 8.12. The largest absolute Gasteiger partial charge is 0.377 e. The van der Waals surface area contributed by atoms with Crippen LogP contribution in [0, 0.1) is 0 Å². The van der Waals surface area contributed by atoms with Gasteiger partial charge < -0.3 is 4.74 Å². The fourth-order valence-electron chi connectivity index (χ4n) is 0.879. The average Bonchev–Trinajstić information content (AvgIpc) is 2.35. The van der Waals surface area contributed by atoms with Crippen LogP contribution in [0.1, 0.15) is 13.8 Å². The zero-order valence-electron chi connectivity index (χ0n) is 7.54. The summed E-state index contributed by atoms with van der Waals surface area (Å²) >= 11 is 3.34. The first-order valence-corrected chi connectivity index (χ1v) is 4.56. The molecule has 0 fully saturated rings. The number of hydrogen-bond acceptors (Lipinski definition) is 2. The normalized spacial score (nSPS) is 12.0. The van der Waals surface area contributed by atoms with Gasteiger partial charge in [0.25, 0.3) is 0 Å². The Bertz CT molecular complexity index is 257. The van der Waals surface area contributed by atoms with Gasteiger partial charge in [0.2, 0.25) is 0 Å². The monoisotopic (exact) mass is 232 g/mol. The topological polar surface area (TPSA) is 27.1 Å². The van der Waals surface area contributed by atoms with Crippen molar-refractivity contribution in [1.29, 1.82) is 0 Å². The van der Waals surface area contributed by atoms with E-state index < -0.39 is 0 Å². The van der Waals surface area contributed by atoms with Gasteiger partial charge in [0.15, 0.2) is 0 Å². The Hall–Kier alpha value is -0.350. The van der Waals surface area contributed by atoms with Gasteiger partial charge in [-0.2, -0.15) is 5.10 Å². The zero-order valence-corrected chi connectivity index (χ0v) is 9.13. The lowest BCUT2D eigenvalue weighted by Gasteiger charge is -2.22. The molecule has 0 bridgehead atoms. The Balaban J connectivity index is 2.63. The Morgan fingerprint density at radius 1 is 1.67 bits per heavy atom. The van der Waals surface area contributed by atoms with Gasteiger partial charge in [-0.05, 0) is 29.8 Å². The summed E-state index contributed by atoms with van der Waals surface area (Å²) in [6.45, 7) is 4.82. The SMILES string of the molecule is COC(C)(C)Cn1cc(Br)cn1. The minimum absolute atomic E-state index is 0.161. The fraction of sp³-hybridized carbons (Fsp3) is 0.625. The lowest BCUT2D eigenvalue weighted by atomic mass is 10.1. The Kier molecular flexibility index (Phi) is 2.90. The van der Waals surface area contributed by atoms with Crippen molar-refractivity contribution in [1.82, 2.24) is 9.78 Å². The molecule has 68 valence electrons. The van der Waals surface area contributed by atoms with Crippen LogP contribution < -0.4 is 0 Å². The third-order valence-electron chi connectivity index (χ3n) is 1.70. The van der Waals surface area contributed by atoms with E-state index in [2.05, 4.69) is 21.0 Å². The van der Waals surface area contributed by atoms with Gasteiger partial charge in [0.05, 0.1) is 22.8 Å². The van der Waals surface area contributed by atoms with E-state index >= 15 is 0 Å². The van der Waals surface area contributed by atoms with Crippen LogP contribution in [0.4, 0.5) is 0 Å². The summed E-state index contributed by atoms with van der Waals surface area (Å²) in [5.74, 6) is 0. The average molecular weight is 233 g/mol. The highest BCUT2D eigenvalue weighted by Gasteiger charge is 2.17. The minimum Gasteiger partial charge on any atom is -0.377 e. The van der Waals surface area contributed by atoms with Gasteiger partial charge in [-0.1, -0.05) is 0 Å². The molecule has 1 aromatic heterocycles. The molecule has 3 nitrogen and oxygen atoms in total. The molecule has 1 heterocycles. The molecule has 0 amide bonds. The second kappa shape index (κ2) is 3.58. The van der Waals surface area contributed by atoms with E-state index in [1.54, 1.807) is 13.3 Å². The number of ether oxygens (including phenoxy) is 1. The molecule has 0 aliphatic carbocycles. The van der Waals surface area contributed by atoms with E-state index in [0.29, 0.717) is 0 Å². The molecule has 0 saturated carbocycles. The van der Waals surface area contributed by atoms with Crippen LogP contribution in [0.15, 0.2) is 16.9 Å². The first kappa shape index (κ1) is 9.74. The third kappa shape index (κ3) is 2.60. The van der Waals surface area contributed by atoms with Crippen molar-refractivity contribution in [3.63, 3.8) is 0 Å². The van der Waals surface area contributed by atoms with Crippen molar-refractivity contribution in [3.8, 4) is 0 Å². The predicted octanol–water partition coefficient (Wildman–Crippen LogP) is 2.07. The van der Waals surface area contributed by atoms with E-state index in [-0.39, 0.29) is 5.60 Å². The van der Waals surface area contributed by atoms with Crippen molar-refractivity contribution in [2.45, 2.75) is 26.0 Å². The quantitative estimate of drug-likeness (QED) is 0.799. The Morgan fingerprint density at radius 3 is 2.75 bits per heavy atom. The molecule has 0 aliphatic heterocycles. The number of methoxy groups -OCH3 is 1. The third-order valence-corrected chi connectivity index (χ3v) is 2.11. The molecule has 0 unspecified atom stereocenters. The summed E-state index contributed by atoms with van der Waals surface area (Å²) in [6, 6.07) is 0. The standard InChI is InChI=1S/C8H13BrN2O/c1-8(2,12-3)6-11-5-7(9)4-10-11/h4-5H,6H2,1-3H3. The molecule has 0 spiro atoms. The molecule has 0 saturated heterocycles. The van der Waals surface area contributed by atoms with Gasteiger partial charge in [0.1, 0.15) is 0 Å². The molecule has 0 aromatic carbocycles. The minimum atomic E-state index is -0.161. The van der Waals surface area contributed by atoms with Crippen LogP contribution in [0.5, 0.6) is 0 Å². The van der Waals surface area contributed by atoms with Gasteiger partial charge in [-0.25, -0.2) is 0 Å². The summed E-state index contributed by atoms with van der Waals surface area (Å²) in [7, 11) is 1.71. The van der Waals surface area contributed by atoms with Crippen LogP contribution in [0.3, 0.4) is 0 Å². The zero-order chi connectivity index (χ0) is 9.19. The van der Waals surface area contributed by atoms with Gasteiger partial charge >= 0.3 is 0 Å². The van der Waals surface area contributed by atoms with E-state index in [0.717, 1.165) is 11.0 Å². The summed E-state index contributed by atoms with van der Waals surface area (Å²) in [5, 5.41) is 4.14. The molecule has 0 N–H and O–H groups in total. The van der Waals surface area contributed by atoms with Crippen molar-refractivity contribution < 1.29 is 4.74 Å². The summed E-state index contributed by atoms with van der Waals surface area (Å²) in [4.78, 5) is 0. The Morgan fingerprint density at radius 2 is 2.33 bits per heavy atom. The number of rotatable bonds is 3. The summed E-state index contributed by atoms with van der Waals surface area (Å²) in [6.07, 6.45) is 3.70. The first-order valence-electron chi connectivity index (χ1n) is 3.76. The van der Waals surface area contributed by atoms with E-state index in [4.69, 9.17) is 4.74 Å². The molecule has 12 heavy (non-hydrogen) atoms. The molecule has 1 rings (SSSR count). The molecule has 4 heteroatoms. The maximum Gasteiger partial charge on any atom is 0.0817 e. The van der Waals surface area contributed by atoms with E-state index in [1.165, 1.54) is 0 Å². The van der Waals surface area contributed by atoms with Gasteiger partial charge in [-0.15, -0.1) is 0 Å². The fourth-order valence-corrected chi connectivity index (χ4v) is 1.21. The highest BCUT2D eigenvalue weighted by molar-refractivity contribution is 9.10. The van der Waals surface area contributed by atoms with Gasteiger partial charge in [-0.3, -0.25) is 4.68 Å². The van der Waals surface area contributed by atoms with Crippen LogP contribution in [0.25, 0.3) is 0 Å². The lowest BCUT2D eigenvalue weighted by molar-refractivity contribution is 0.00540. The van der Waals surface area contributed by atoms with Crippen LogP contribution >= 0.6 is 15.9 Å². The van der Waals surface area contributed by atoms with Crippen molar-refractivity contribution in [2.75, 3.05) is 7.11 Å². The van der Waals surface area contributed by atoms with Crippen molar-refractivity contribution in [3.05, 3.63) is 16.9 Å². The summed E-state index contributed by atoms with van der Waals surface area (Å²) in [5.41, 5.74) is -0.161. The highest BCUT2D eigenvalue weighted by atomic mass is 79.9. The number of hydrogen-bond donors (Lipinski definition) is 0. The van der Waals surface area contributed by atoms with Crippen molar-refractivity contribution >= 4 is 15.9 Å². The van der Waals surface area contributed by atoms with Crippen LogP contribution in [0.2, 0.25) is 0 Å². The van der Waals surface area contributed by atoms with Gasteiger partial charge in [0, 0.05) is 13.3 Å². The maximum absolute atomic E-state index is 5.27. The maximum atomic E-state index is 5.27. The molecule has 0 radical (unpaired) electrons. The van der Waals surface area contributed by atoms with Crippen molar-refractivity contribution in [2.24, 2.45) is 0 Å². The van der Waals surface area contributed by atoms with E-state index in [1.807, 2.05) is 24.7 Å². The smallest absolute Gasteiger partial charge is 0.0817 e. The predicted molar refractivity (Wildman–Crippen MR) is 51.0 cm³/mol. The highest BCUT2D eigenvalue weighted by Crippen LogP contribution is 2.13. The second-order valence-corrected chi connectivity index (χ2v) is 4.24. The molecule has 0 aliphatic rings. The second-order valence-electron chi connectivity index (χ2n) is 3.32. The number of aromatic nitrogens is 2. The molecule has 1 aromatic rings. The number of halogens is 1. The molecular weight excluding hydrogens is 220 g/mol. The molecule has 0 atom stereocenters. The van der Waals surface area contributed by atoms with E-state index in [9.17, 15) is 0 Å². The van der Waals surface area contributed by atoms with Crippen LogP contribution in [-0.4, -0.2) is 22.5 Å². The lowest BCUT2D eigenvalue weighted by Crippen LogP contribution is -2.29. The molecular formula is C8H13BrN2O. The number of nitrogens with zero attached hydrogens (tertiary/aromatic N) is 2. The van der Waals surface area contributed by atoms with Crippen LogP contribution in [-0.2, 0) is 11.3 Å². The first-order chi connectivity index (χ1) is 5.53. The Labute approximate surface area is 80.8 Å².